The topological polar surface area (TPSA) is 50.7 Å². The lowest BCUT2D eigenvalue weighted by molar-refractivity contribution is 0.646. The van der Waals surface area contributed by atoms with Crippen molar-refractivity contribution in [2.45, 2.75) is 40.0 Å². The van der Waals surface area contributed by atoms with Crippen LogP contribution in [0.15, 0.2) is 33.0 Å². The van der Waals surface area contributed by atoms with Gasteiger partial charge in [-0.2, -0.15) is 0 Å². The first-order valence-electron chi connectivity index (χ1n) is 6.43. The van der Waals surface area contributed by atoms with Gasteiger partial charge in [0.25, 0.3) is 0 Å². The third-order valence-electron chi connectivity index (χ3n) is 3.44. The minimum atomic E-state index is 0.304. The molecule has 0 amide bonds. The molecule has 0 radical (unpaired) electrons. The van der Waals surface area contributed by atoms with E-state index in [1.165, 1.54) is 5.57 Å². The van der Waals surface area contributed by atoms with Gasteiger partial charge in [0.1, 0.15) is 5.84 Å². The largest absolute Gasteiger partial charge is 0.397 e. The third-order valence-corrected chi connectivity index (χ3v) is 3.44. The molecule has 2 rings (SSSR count). The van der Waals surface area contributed by atoms with Crippen molar-refractivity contribution in [3.05, 3.63) is 23.0 Å². The van der Waals surface area contributed by atoms with Crippen molar-refractivity contribution in [1.82, 2.24) is 0 Å². The maximum atomic E-state index is 6.17. The predicted octanol–water partition coefficient (Wildman–Crippen LogP) is 3.04. The molecular formula is C14H21N3. The van der Waals surface area contributed by atoms with Crippen molar-refractivity contribution in [2.24, 2.45) is 27.6 Å². The van der Waals surface area contributed by atoms with Gasteiger partial charge < -0.3 is 5.73 Å². The van der Waals surface area contributed by atoms with Crippen LogP contribution in [0.5, 0.6) is 0 Å². The molecule has 92 valence electrons. The van der Waals surface area contributed by atoms with Gasteiger partial charge in [-0.3, -0.25) is 0 Å². The number of amidine groups is 1. The van der Waals surface area contributed by atoms with Gasteiger partial charge in [0.2, 0.25) is 0 Å². The Balaban J connectivity index is 2.36. The van der Waals surface area contributed by atoms with E-state index in [2.05, 4.69) is 36.8 Å². The van der Waals surface area contributed by atoms with Crippen molar-refractivity contribution in [1.29, 1.82) is 0 Å². The molecule has 0 spiro atoms. The van der Waals surface area contributed by atoms with Gasteiger partial charge in [-0.1, -0.05) is 26.3 Å². The maximum absolute atomic E-state index is 6.17. The van der Waals surface area contributed by atoms with Gasteiger partial charge in [-0.05, 0) is 24.8 Å². The SMILES string of the molecule is CCC1=NC2=C(N)C=C(C(C)C)CCC2C=N1. The predicted molar refractivity (Wildman–Crippen MR) is 73.1 cm³/mol. The summed E-state index contributed by atoms with van der Waals surface area (Å²) in [7, 11) is 0. The summed E-state index contributed by atoms with van der Waals surface area (Å²) in [5, 5.41) is 0. The van der Waals surface area contributed by atoms with E-state index < -0.39 is 0 Å². The van der Waals surface area contributed by atoms with Crippen LogP contribution in [-0.2, 0) is 0 Å². The van der Waals surface area contributed by atoms with Gasteiger partial charge in [-0.15, -0.1) is 0 Å². The highest BCUT2D eigenvalue weighted by Crippen LogP contribution is 2.31. The molecule has 17 heavy (non-hydrogen) atoms. The lowest BCUT2D eigenvalue weighted by atomic mass is 9.95. The van der Waals surface area contributed by atoms with E-state index in [0.29, 0.717) is 11.8 Å². The second-order valence-electron chi connectivity index (χ2n) is 5.02. The minimum absolute atomic E-state index is 0.304. The van der Waals surface area contributed by atoms with Crippen LogP contribution in [0.2, 0.25) is 0 Å². The summed E-state index contributed by atoms with van der Waals surface area (Å²) < 4.78 is 0. The molecule has 3 nitrogen and oxygen atoms in total. The fourth-order valence-corrected chi connectivity index (χ4v) is 2.28. The molecule has 1 aliphatic heterocycles. The van der Waals surface area contributed by atoms with E-state index in [1.807, 2.05) is 6.21 Å². The number of nitrogens with two attached hydrogens (primary N) is 1. The Hall–Kier alpha value is -1.38. The van der Waals surface area contributed by atoms with Gasteiger partial charge in [-0.25, -0.2) is 9.98 Å². The molecule has 3 heteroatoms. The summed E-state index contributed by atoms with van der Waals surface area (Å²) in [6.45, 7) is 6.50. The summed E-state index contributed by atoms with van der Waals surface area (Å²) in [4.78, 5) is 8.98. The highest BCUT2D eigenvalue weighted by molar-refractivity contribution is 5.93. The summed E-state index contributed by atoms with van der Waals surface area (Å²) in [6, 6.07) is 0. The highest BCUT2D eigenvalue weighted by atomic mass is 15.0. The second kappa shape index (κ2) is 4.86. The lowest BCUT2D eigenvalue weighted by Gasteiger charge is -2.17. The average Bonchev–Trinajstić information content (AvgIpc) is 2.49. The smallest absolute Gasteiger partial charge is 0.128 e. The van der Waals surface area contributed by atoms with E-state index in [9.17, 15) is 0 Å². The summed E-state index contributed by atoms with van der Waals surface area (Å²) in [5.41, 5.74) is 9.44. The van der Waals surface area contributed by atoms with E-state index in [0.717, 1.165) is 36.5 Å². The number of hydrogen-bond donors (Lipinski definition) is 1. The lowest BCUT2D eigenvalue weighted by Crippen LogP contribution is -2.15. The Kier molecular flexibility index (Phi) is 3.46. The average molecular weight is 231 g/mol. The zero-order chi connectivity index (χ0) is 12.4. The zero-order valence-corrected chi connectivity index (χ0v) is 10.9. The fourth-order valence-electron chi connectivity index (χ4n) is 2.28. The molecule has 1 heterocycles. The van der Waals surface area contributed by atoms with Gasteiger partial charge >= 0.3 is 0 Å². The van der Waals surface area contributed by atoms with Crippen molar-refractivity contribution in [3.8, 4) is 0 Å². The maximum Gasteiger partial charge on any atom is 0.128 e. The standard InChI is InChI=1S/C14H21N3/c1-4-13-16-8-11-6-5-10(9(2)3)7-12(15)14(11)17-13/h7-9,11H,4-6,15H2,1-3H3. The van der Waals surface area contributed by atoms with Crippen LogP contribution in [0.3, 0.4) is 0 Å². The normalized spacial score (nSPS) is 24.4. The molecule has 2 aliphatic rings. The van der Waals surface area contributed by atoms with E-state index in [-0.39, 0.29) is 0 Å². The van der Waals surface area contributed by atoms with Crippen molar-refractivity contribution in [2.75, 3.05) is 0 Å². The van der Waals surface area contributed by atoms with Crippen LogP contribution in [0.25, 0.3) is 0 Å². The van der Waals surface area contributed by atoms with E-state index in [4.69, 9.17) is 5.73 Å². The Labute approximate surface area is 103 Å². The summed E-state index contributed by atoms with van der Waals surface area (Å²) in [6.07, 6.45) is 7.17. The first-order chi connectivity index (χ1) is 8.11. The first kappa shape index (κ1) is 12.1. The molecule has 0 aromatic rings. The molecule has 0 aromatic heterocycles. The second-order valence-corrected chi connectivity index (χ2v) is 5.02. The van der Waals surface area contributed by atoms with Gasteiger partial charge in [0, 0.05) is 18.6 Å². The number of aliphatic imine (C=N–C) groups is 2. The number of nitrogens with zero attached hydrogens (tertiary/aromatic N) is 2. The third kappa shape index (κ3) is 2.48. The highest BCUT2D eigenvalue weighted by Gasteiger charge is 2.22. The van der Waals surface area contributed by atoms with Crippen molar-refractivity contribution in [3.63, 3.8) is 0 Å². The van der Waals surface area contributed by atoms with Crippen LogP contribution >= 0.6 is 0 Å². The molecule has 1 atom stereocenters. The zero-order valence-electron chi connectivity index (χ0n) is 10.9. The molecule has 0 bridgehead atoms. The Morgan fingerprint density at radius 2 is 2.24 bits per heavy atom. The number of rotatable bonds is 2. The van der Waals surface area contributed by atoms with Crippen molar-refractivity contribution < 1.29 is 0 Å². The van der Waals surface area contributed by atoms with Crippen LogP contribution in [0.4, 0.5) is 0 Å². The minimum Gasteiger partial charge on any atom is -0.397 e. The molecule has 2 N–H and O–H groups in total. The van der Waals surface area contributed by atoms with Gasteiger partial charge in [0.15, 0.2) is 0 Å². The van der Waals surface area contributed by atoms with E-state index in [1.54, 1.807) is 0 Å². The van der Waals surface area contributed by atoms with Crippen LogP contribution in [-0.4, -0.2) is 12.1 Å². The Morgan fingerprint density at radius 3 is 2.88 bits per heavy atom. The van der Waals surface area contributed by atoms with Gasteiger partial charge in [0.05, 0.1) is 11.4 Å². The molecule has 1 unspecified atom stereocenters. The first-order valence-corrected chi connectivity index (χ1v) is 6.43. The number of allylic oxidation sites excluding steroid dienone is 3. The van der Waals surface area contributed by atoms with E-state index >= 15 is 0 Å². The van der Waals surface area contributed by atoms with Crippen LogP contribution in [0.1, 0.15) is 40.0 Å². The summed E-state index contributed by atoms with van der Waals surface area (Å²) >= 11 is 0. The molecule has 1 aliphatic carbocycles. The van der Waals surface area contributed by atoms with Crippen molar-refractivity contribution >= 4 is 12.1 Å². The number of hydrogen-bond acceptors (Lipinski definition) is 3. The van der Waals surface area contributed by atoms with Crippen LogP contribution < -0.4 is 5.73 Å². The molecular weight excluding hydrogens is 210 g/mol. The van der Waals surface area contributed by atoms with Crippen LogP contribution in [0, 0.1) is 11.8 Å². The summed E-state index contributed by atoms with van der Waals surface area (Å²) in [5.74, 6) is 1.75. The molecule has 0 aromatic carbocycles. The quantitative estimate of drug-likeness (QED) is 0.780. The fraction of sp³-hybridized carbons (Fsp3) is 0.571. The monoisotopic (exact) mass is 231 g/mol. The molecule has 0 fully saturated rings. The molecule has 0 saturated carbocycles. The Bertz CT molecular complexity index is 425. The Morgan fingerprint density at radius 1 is 1.47 bits per heavy atom. The number of fused-ring (bicyclic) bond motifs is 1. The molecule has 0 saturated heterocycles.